The molecule has 44 heavy (non-hydrogen) atoms. The largest absolute Gasteiger partial charge is 0.453 e. The molecule has 0 fully saturated rings. The second-order valence-electron chi connectivity index (χ2n) is 11.3. The Morgan fingerprint density at radius 3 is 2.23 bits per heavy atom. The van der Waals surface area contributed by atoms with Crippen molar-refractivity contribution < 1.29 is 33.0 Å². The number of aliphatic hydroxyl groups excluding tert-OH is 2. The van der Waals surface area contributed by atoms with Gasteiger partial charge in [-0.3, -0.25) is 4.79 Å². The SMILES string of the molecule is CCC[C@@H](CCC[C@@H](CO)N(CCC(C)C)S(=O)(=O)c1ccc(CO)cc1)NC(=O)[C@H](Cc1ccccc1Cl)NC(=O)OC. The summed E-state index contributed by atoms with van der Waals surface area (Å²) < 4.78 is 33.5. The first-order valence-electron chi connectivity index (χ1n) is 15.2. The van der Waals surface area contributed by atoms with Crippen LogP contribution in [0.25, 0.3) is 0 Å². The number of carbonyl (C=O) groups is 2. The van der Waals surface area contributed by atoms with Crippen molar-refractivity contribution in [2.45, 2.75) is 95.3 Å². The first-order chi connectivity index (χ1) is 21.0. The molecule has 246 valence electrons. The van der Waals surface area contributed by atoms with Crippen LogP contribution < -0.4 is 10.6 Å². The molecule has 10 nitrogen and oxygen atoms in total. The number of amides is 2. The van der Waals surface area contributed by atoms with E-state index in [1.54, 1.807) is 36.4 Å². The number of hydrogen-bond donors (Lipinski definition) is 4. The monoisotopic (exact) mass is 653 g/mol. The van der Waals surface area contributed by atoms with E-state index in [-0.39, 0.29) is 48.9 Å². The molecule has 2 amide bonds. The van der Waals surface area contributed by atoms with Gasteiger partial charge in [0.15, 0.2) is 0 Å². The van der Waals surface area contributed by atoms with E-state index >= 15 is 0 Å². The van der Waals surface area contributed by atoms with E-state index < -0.39 is 28.2 Å². The van der Waals surface area contributed by atoms with E-state index in [1.165, 1.54) is 23.5 Å². The number of benzene rings is 2. The Morgan fingerprint density at radius 2 is 1.66 bits per heavy atom. The van der Waals surface area contributed by atoms with Crippen molar-refractivity contribution in [2.75, 3.05) is 20.3 Å². The van der Waals surface area contributed by atoms with Gasteiger partial charge in [0, 0.05) is 30.1 Å². The zero-order valence-electron chi connectivity index (χ0n) is 26.2. The van der Waals surface area contributed by atoms with E-state index in [2.05, 4.69) is 10.6 Å². The summed E-state index contributed by atoms with van der Waals surface area (Å²) in [6.45, 7) is 5.75. The lowest BCUT2D eigenvalue weighted by Gasteiger charge is -2.31. The fourth-order valence-electron chi connectivity index (χ4n) is 4.95. The summed E-state index contributed by atoms with van der Waals surface area (Å²) in [7, 11) is -2.68. The van der Waals surface area contributed by atoms with Crippen LogP contribution in [0.15, 0.2) is 53.4 Å². The Hall–Kier alpha value is -2.70. The molecule has 0 radical (unpaired) electrons. The number of hydrogen-bond acceptors (Lipinski definition) is 7. The zero-order valence-corrected chi connectivity index (χ0v) is 27.7. The van der Waals surface area contributed by atoms with E-state index in [0.717, 1.165) is 6.42 Å². The van der Waals surface area contributed by atoms with Crippen molar-refractivity contribution >= 4 is 33.6 Å². The number of sulfonamides is 1. The molecular formula is C32H48ClN3O7S. The third kappa shape index (κ3) is 11.7. The molecule has 0 aromatic heterocycles. The Kier molecular flexibility index (Phi) is 16.2. The summed E-state index contributed by atoms with van der Waals surface area (Å²) in [6, 6.07) is 11.4. The number of nitrogens with zero attached hydrogens (tertiary/aromatic N) is 1. The number of ether oxygens (including phenoxy) is 1. The lowest BCUT2D eigenvalue weighted by atomic mass is 10.0. The standard InChI is InChI=1S/C32H48ClN3O7S/c1-5-9-26(34-31(39)30(35-32(40)43-4)20-25-10-6-7-13-29(25)33)11-8-12-27(22-38)36(19-18-23(2)3)44(41,42)28-16-14-24(21-37)15-17-28/h6-7,10,13-17,23,26-27,30,37-38H,5,8-9,11-12,18-22H2,1-4H3,(H,34,39)(H,35,40)/t26-,27-,30-/m0/s1. The van der Waals surface area contributed by atoms with Crippen LogP contribution in [0.2, 0.25) is 5.02 Å². The second-order valence-corrected chi connectivity index (χ2v) is 13.6. The molecule has 0 aliphatic heterocycles. The summed E-state index contributed by atoms with van der Waals surface area (Å²) in [5.41, 5.74) is 1.31. The number of nitrogens with one attached hydrogen (secondary N) is 2. The number of carbonyl (C=O) groups excluding carboxylic acids is 2. The summed E-state index contributed by atoms with van der Waals surface area (Å²) in [5.74, 6) is -0.120. The van der Waals surface area contributed by atoms with Gasteiger partial charge in [-0.05, 0) is 67.3 Å². The molecule has 0 aliphatic carbocycles. The maximum atomic E-state index is 13.7. The zero-order chi connectivity index (χ0) is 32.7. The molecule has 0 unspecified atom stereocenters. The van der Waals surface area contributed by atoms with Crippen molar-refractivity contribution in [1.82, 2.24) is 14.9 Å². The highest BCUT2D eigenvalue weighted by molar-refractivity contribution is 7.89. The lowest BCUT2D eigenvalue weighted by molar-refractivity contribution is -0.123. The van der Waals surface area contributed by atoms with Gasteiger partial charge < -0.3 is 25.6 Å². The average Bonchev–Trinajstić information content (AvgIpc) is 3.00. The van der Waals surface area contributed by atoms with Gasteiger partial charge in [-0.25, -0.2) is 13.2 Å². The van der Waals surface area contributed by atoms with Crippen molar-refractivity contribution in [2.24, 2.45) is 5.92 Å². The fraction of sp³-hybridized carbons (Fsp3) is 0.562. The second kappa shape index (κ2) is 19.0. The smallest absolute Gasteiger partial charge is 0.407 e. The molecule has 0 spiro atoms. The summed E-state index contributed by atoms with van der Waals surface area (Å²) >= 11 is 6.31. The van der Waals surface area contributed by atoms with Gasteiger partial charge in [0.1, 0.15) is 6.04 Å². The number of methoxy groups -OCH3 is 1. The minimum absolute atomic E-state index is 0.107. The van der Waals surface area contributed by atoms with Gasteiger partial charge in [-0.1, -0.05) is 69.1 Å². The van der Waals surface area contributed by atoms with Gasteiger partial charge in [-0.15, -0.1) is 0 Å². The molecule has 3 atom stereocenters. The van der Waals surface area contributed by atoms with Crippen LogP contribution in [0, 0.1) is 5.92 Å². The average molecular weight is 654 g/mol. The van der Waals surface area contributed by atoms with Crippen LogP contribution in [0.4, 0.5) is 4.79 Å². The van der Waals surface area contributed by atoms with Gasteiger partial charge >= 0.3 is 6.09 Å². The molecule has 4 N–H and O–H groups in total. The number of rotatable bonds is 19. The summed E-state index contributed by atoms with van der Waals surface area (Å²) in [6.07, 6.45) is 3.04. The van der Waals surface area contributed by atoms with E-state index in [4.69, 9.17) is 16.3 Å². The molecule has 12 heteroatoms. The highest BCUT2D eigenvalue weighted by Crippen LogP contribution is 2.24. The first kappa shape index (κ1) is 37.5. The van der Waals surface area contributed by atoms with Crippen LogP contribution in [-0.2, 0) is 32.6 Å². The normalized spacial score (nSPS) is 13.8. The van der Waals surface area contributed by atoms with Crippen molar-refractivity contribution in [1.29, 1.82) is 0 Å². The van der Waals surface area contributed by atoms with Crippen LogP contribution in [0.5, 0.6) is 0 Å². The van der Waals surface area contributed by atoms with E-state index in [0.29, 0.717) is 48.3 Å². The van der Waals surface area contributed by atoms with Crippen molar-refractivity contribution in [3.05, 3.63) is 64.7 Å². The highest BCUT2D eigenvalue weighted by atomic mass is 35.5. The molecule has 0 saturated carbocycles. The third-order valence-corrected chi connectivity index (χ3v) is 9.84. The molecular weight excluding hydrogens is 606 g/mol. The van der Waals surface area contributed by atoms with E-state index in [1.807, 2.05) is 20.8 Å². The topological polar surface area (TPSA) is 145 Å². The quantitative estimate of drug-likeness (QED) is 0.173. The molecule has 2 aromatic rings. The van der Waals surface area contributed by atoms with Gasteiger partial charge in [-0.2, -0.15) is 4.31 Å². The number of halogens is 1. The minimum atomic E-state index is -3.91. The molecule has 0 bridgehead atoms. The fourth-order valence-corrected chi connectivity index (χ4v) is 6.82. The van der Waals surface area contributed by atoms with Crippen molar-refractivity contribution in [3.63, 3.8) is 0 Å². The summed E-state index contributed by atoms with van der Waals surface area (Å²) in [5, 5.41) is 25.8. The van der Waals surface area contributed by atoms with Crippen LogP contribution >= 0.6 is 11.6 Å². The molecule has 2 rings (SSSR count). The van der Waals surface area contributed by atoms with Gasteiger partial charge in [0.25, 0.3) is 0 Å². The Bertz CT molecular complexity index is 1270. The van der Waals surface area contributed by atoms with Gasteiger partial charge in [0.2, 0.25) is 15.9 Å². The highest BCUT2D eigenvalue weighted by Gasteiger charge is 2.31. The molecule has 0 aliphatic rings. The third-order valence-electron chi connectivity index (χ3n) is 7.51. The predicted octanol–water partition coefficient (Wildman–Crippen LogP) is 4.65. The minimum Gasteiger partial charge on any atom is -0.453 e. The van der Waals surface area contributed by atoms with Crippen LogP contribution in [0.3, 0.4) is 0 Å². The first-order valence-corrected chi connectivity index (χ1v) is 17.0. The number of aliphatic hydroxyl groups is 2. The summed E-state index contributed by atoms with van der Waals surface area (Å²) in [4.78, 5) is 25.5. The predicted molar refractivity (Wildman–Crippen MR) is 172 cm³/mol. The molecule has 0 saturated heterocycles. The lowest BCUT2D eigenvalue weighted by Crippen LogP contribution is -2.50. The number of alkyl carbamates (subject to hydrolysis) is 1. The Morgan fingerprint density at radius 1 is 0.977 bits per heavy atom. The molecule has 2 aromatic carbocycles. The van der Waals surface area contributed by atoms with Crippen molar-refractivity contribution in [3.8, 4) is 0 Å². The van der Waals surface area contributed by atoms with Crippen LogP contribution in [0.1, 0.15) is 70.4 Å². The van der Waals surface area contributed by atoms with E-state index in [9.17, 15) is 28.2 Å². The maximum absolute atomic E-state index is 13.7. The van der Waals surface area contributed by atoms with Gasteiger partial charge in [0.05, 0.1) is 25.2 Å². The Balaban J connectivity index is 2.16. The van der Waals surface area contributed by atoms with Crippen LogP contribution in [-0.4, -0.2) is 73.3 Å². The Labute approximate surface area is 267 Å². The molecule has 0 heterocycles. The maximum Gasteiger partial charge on any atom is 0.407 e.